The normalized spacial score (nSPS) is 11.9. The molecular formula is C17H16F3NO5S. The number of alkyl halides is 3. The first-order chi connectivity index (χ1) is 12.6. The third-order valence-electron chi connectivity index (χ3n) is 3.31. The Labute approximate surface area is 154 Å². The summed E-state index contributed by atoms with van der Waals surface area (Å²) in [5, 5.41) is 0. The third-order valence-corrected chi connectivity index (χ3v) is 4.71. The standard InChI is InChI=1S/C17H16F3NO5S/c1-2-25-16(22)12-7-5-8-14(10-12)27(23,24)21-11-13-6-3-4-9-15(13)26-17(18,19)20/h3-10,21H,2,11H2,1H3. The minimum absolute atomic E-state index is 0.0000488. The SMILES string of the molecule is CCOC(=O)c1cccc(S(=O)(=O)NCc2ccccc2OC(F)(F)F)c1. The van der Waals surface area contributed by atoms with Crippen LogP contribution in [0.25, 0.3) is 0 Å². The van der Waals surface area contributed by atoms with E-state index in [4.69, 9.17) is 4.74 Å². The summed E-state index contributed by atoms with van der Waals surface area (Å²) in [5.41, 5.74) is 0.0421. The molecule has 0 saturated carbocycles. The smallest absolute Gasteiger partial charge is 0.462 e. The van der Waals surface area contributed by atoms with E-state index < -0.39 is 34.6 Å². The summed E-state index contributed by atoms with van der Waals surface area (Å²) < 4.78 is 73.0. The molecule has 0 aliphatic carbocycles. The molecule has 146 valence electrons. The van der Waals surface area contributed by atoms with Crippen LogP contribution in [0.2, 0.25) is 0 Å². The van der Waals surface area contributed by atoms with Crippen LogP contribution in [0.1, 0.15) is 22.8 Å². The van der Waals surface area contributed by atoms with E-state index in [-0.39, 0.29) is 22.6 Å². The van der Waals surface area contributed by atoms with Crippen molar-refractivity contribution in [3.05, 3.63) is 59.7 Å². The van der Waals surface area contributed by atoms with E-state index >= 15 is 0 Å². The number of rotatable bonds is 7. The van der Waals surface area contributed by atoms with E-state index in [2.05, 4.69) is 9.46 Å². The molecule has 10 heteroatoms. The summed E-state index contributed by atoms with van der Waals surface area (Å²) in [6.45, 7) is 1.31. The van der Waals surface area contributed by atoms with Gasteiger partial charge in [-0.3, -0.25) is 0 Å². The van der Waals surface area contributed by atoms with Crippen molar-refractivity contribution in [3.63, 3.8) is 0 Å². The lowest BCUT2D eigenvalue weighted by atomic mass is 10.2. The van der Waals surface area contributed by atoms with Crippen molar-refractivity contribution in [2.24, 2.45) is 0 Å². The first kappa shape index (κ1) is 20.7. The van der Waals surface area contributed by atoms with Crippen molar-refractivity contribution in [2.45, 2.75) is 24.7 Å². The number of nitrogens with one attached hydrogen (secondary N) is 1. The Kier molecular flexibility index (Phi) is 6.45. The molecule has 2 aromatic carbocycles. The van der Waals surface area contributed by atoms with Crippen LogP contribution in [-0.4, -0.2) is 27.4 Å². The van der Waals surface area contributed by atoms with Crippen LogP contribution < -0.4 is 9.46 Å². The van der Waals surface area contributed by atoms with Crippen molar-refractivity contribution >= 4 is 16.0 Å². The van der Waals surface area contributed by atoms with Gasteiger partial charge in [-0.05, 0) is 31.2 Å². The van der Waals surface area contributed by atoms with Crippen LogP contribution in [0, 0.1) is 0 Å². The quantitative estimate of drug-likeness (QED) is 0.718. The first-order valence-electron chi connectivity index (χ1n) is 7.73. The van der Waals surface area contributed by atoms with Crippen molar-refractivity contribution in [1.29, 1.82) is 0 Å². The van der Waals surface area contributed by atoms with Gasteiger partial charge in [0, 0.05) is 12.1 Å². The van der Waals surface area contributed by atoms with Crippen LogP contribution in [0.5, 0.6) is 5.75 Å². The summed E-state index contributed by atoms with van der Waals surface area (Å²) in [5.74, 6) is -1.19. The molecular weight excluding hydrogens is 387 g/mol. The van der Waals surface area contributed by atoms with Crippen molar-refractivity contribution < 1.29 is 35.9 Å². The Bertz CT molecular complexity index is 913. The molecule has 0 radical (unpaired) electrons. The Balaban J connectivity index is 2.19. The maximum absolute atomic E-state index is 12.4. The Morgan fingerprint density at radius 2 is 1.81 bits per heavy atom. The van der Waals surface area contributed by atoms with Crippen LogP contribution in [-0.2, 0) is 21.3 Å². The Morgan fingerprint density at radius 3 is 2.48 bits per heavy atom. The largest absolute Gasteiger partial charge is 0.573 e. The second-order valence-corrected chi connectivity index (χ2v) is 7.00. The fraction of sp³-hybridized carbons (Fsp3) is 0.235. The van der Waals surface area contributed by atoms with Gasteiger partial charge in [-0.15, -0.1) is 13.2 Å². The van der Waals surface area contributed by atoms with Crippen LogP contribution in [0.4, 0.5) is 13.2 Å². The van der Waals surface area contributed by atoms with Gasteiger partial charge in [0.1, 0.15) is 5.75 Å². The molecule has 0 aliphatic heterocycles. The lowest BCUT2D eigenvalue weighted by Crippen LogP contribution is -2.25. The summed E-state index contributed by atoms with van der Waals surface area (Å²) in [6, 6.07) is 10.3. The van der Waals surface area contributed by atoms with E-state index in [0.29, 0.717) is 0 Å². The molecule has 1 N–H and O–H groups in total. The summed E-state index contributed by atoms with van der Waals surface area (Å²) in [4.78, 5) is 11.5. The highest BCUT2D eigenvalue weighted by Crippen LogP contribution is 2.26. The molecule has 0 heterocycles. The van der Waals surface area contributed by atoms with Gasteiger partial charge in [0.15, 0.2) is 0 Å². The maximum atomic E-state index is 12.4. The van der Waals surface area contributed by atoms with Gasteiger partial charge < -0.3 is 9.47 Å². The molecule has 27 heavy (non-hydrogen) atoms. The lowest BCUT2D eigenvalue weighted by Gasteiger charge is -2.14. The van der Waals surface area contributed by atoms with E-state index in [1.165, 1.54) is 36.4 Å². The number of carbonyl (C=O) groups excluding carboxylic acids is 1. The first-order valence-corrected chi connectivity index (χ1v) is 9.21. The number of carbonyl (C=O) groups is 1. The Hall–Kier alpha value is -2.59. The molecule has 2 rings (SSSR count). The number of hydrogen-bond acceptors (Lipinski definition) is 5. The predicted molar refractivity (Wildman–Crippen MR) is 89.5 cm³/mol. The van der Waals surface area contributed by atoms with Crippen molar-refractivity contribution in [2.75, 3.05) is 6.61 Å². The van der Waals surface area contributed by atoms with Crippen LogP contribution in [0.3, 0.4) is 0 Å². The van der Waals surface area contributed by atoms with Gasteiger partial charge in [-0.2, -0.15) is 0 Å². The summed E-state index contributed by atoms with van der Waals surface area (Å²) >= 11 is 0. The summed E-state index contributed by atoms with van der Waals surface area (Å²) in [6.07, 6.45) is -4.90. The molecule has 6 nitrogen and oxygen atoms in total. The average Bonchev–Trinajstić information content (AvgIpc) is 2.60. The van der Waals surface area contributed by atoms with E-state index in [0.717, 1.165) is 12.1 Å². The number of hydrogen-bond donors (Lipinski definition) is 1. The van der Waals surface area contributed by atoms with E-state index in [1.807, 2.05) is 0 Å². The fourth-order valence-electron chi connectivity index (χ4n) is 2.13. The number of ether oxygens (including phenoxy) is 2. The minimum atomic E-state index is -4.90. The number of esters is 1. The molecule has 0 fully saturated rings. The van der Waals surface area contributed by atoms with Gasteiger partial charge in [0.05, 0.1) is 17.1 Å². The van der Waals surface area contributed by atoms with Gasteiger partial charge in [0.2, 0.25) is 10.0 Å². The van der Waals surface area contributed by atoms with Gasteiger partial charge >= 0.3 is 12.3 Å². The zero-order valence-electron chi connectivity index (χ0n) is 14.1. The molecule has 0 atom stereocenters. The van der Waals surface area contributed by atoms with Crippen molar-refractivity contribution in [1.82, 2.24) is 4.72 Å². The molecule has 0 spiro atoms. The number of para-hydroxylation sites is 1. The van der Waals surface area contributed by atoms with Crippen LogP contribution in [0.15, 0.2) is 53.4 Å². The highest BCUT2D eigenvalue weighted by atomic mass is 32.2. The maximum Gasteiger partial charge on any atom is 0.573 e. The topological polar surface area (TPSA) is 81.7 Å². The number of benzene rings is 2. The van der Waals surface area contributed by atoms with Gasteiger partial charge in [0.25, 0.3) is 0 Å². The van der Waals surface area contributed by atoms with E-state index in [1.54, 1.807) is 6.92 Å². The predicted octanol–water partition coefficient (Wildman–Crippen LogP) is 3.24. The second-order valence-electron chi connectivity index (χ2n) is 5.23. The van der Waals surface area contributed by atoms with E-state index in [9.17, 15) is 26.4 Å². The Morgan fingerprint density at radius 1 is 1.11 bits per heavy atom. The fourth-order valence-corrected chi connectivity index (χ4v) is 3.19. The monoisotopic (exact) mass is 403 g/mol. The molecule has 0 unspecified atom stereocenters. The highest BCUT2D eigenvalue weighted by Gasteiger charge is 2.32. The molecule has 0 saturated heterocycles. The molecule has 2 aromatic rings. The van der Waals surface area contributed by atoms with Crippen LogP contribution >= 0.6 is 0 Å². The number of sulfonamides is 1. The summed E-state index contributed by atoms with van der Waals surface area (Å²) in [7, 11) is -4.08. The zero-order chi connectivity index (χ0) is 20.1. The number of halogens is 3. The molecule has 0 bridgehead atoms. The van der Waals surface area contributed by atoms with Gasteiger partial charge in [-0.1, -0.05) is 24.3 Å². The average molecular weight is 403 g/mol. The van der Waals surface area contributed by atoms with Gasteiger partial charge in [-0.25, -0.2) is 17.9 Å². The zero-order valence-corrected chi connectivity index (χ0v) is 14.9. The molecule has 0 aromatic heterocycles. The highest BCUT2D eigenvalue weighted by molar-refractivity contribution is 7.89. The minimum Gasteiger partial charge on any atom is -0.462 e. The molecule has 0 amide bonds. The molecule has 0 aliphatic rings. The second kappa shape index (κ2) is 8.40. The van der Waals surface area contributed by atoms with Crippen molar-refractivity contribution in [3.8, 4) is 5.75 Å². The lowest BCUT2D eigenvalue weighted by molar-refractivity contribution is -0.274. The third kappa shape index (κ3) is 5.97.